The van der Waals surface area contributed by atoms with Crippen LogP contribution in [0, 0.1) is 0 Å². The van der Waals surface area contributed by atoms with E-state index in [2.05, 4.69) is 25.0 Å². The summed E-state index contributed by atoms with van der Waals surface area (Å²) in [6, 6.07) is 12.8. The minimum atomic E-state index is -0.604. The van der Waals surface area contributed by atoms with Gasteiger partial charge in [-0.1, -0.05) is 11.6 Å². The molecule has 2 aromatic carbocycles. The average molecular weight is 414 g/mol. The summed E-state index contributed by atoms with van der Waals surface area (Å²) in [5.74, 6) is -0.745. The Kier molecular flexibility index (Phi) is 6.20. The molecule has 0 saturated heterocycles. The monoisotopic (exact) mass is 413 g/mol. The second kappa shape index (κ2) is 8.98. The molecule has 9 nitrogen and oxygen atoms in total. The van der Waals surface area contributed by atoms with E-state index in [1.54, 1.807) is 24.3 Å². The zero-order valence-electron chi connectivity index (χ0n) is 15.3. The third kappa shape index (κ3) is 5.39. The predicted molar refractivity (Wildman–Crippen MR) is 106 cm³/mol. The fourth-order valence-corrected chi connectivity index (χ4v) is 2.42. The number of anilines is 3. The van der Waals surface area contributed by atoms with Gasteiger partial charge in [0.15, 0.2) is 12.4 Å². The molecule has 0 amide bonds. The smallest absolute Gasteiger partial charge is 0.338 e. The van der Waals surface area contributed by atoms with Gasteiger partial charge in [-0.25, -0.2) is 9.59 Å². The molecule has 0 saturated carbocycles. The van der Waals surface area contributed by atoms with Crippen LogP contribution < -0.4 is 11.1 Å². The summed E-state index contributed by atoms with van der Waals surface area (Å²) in [6.07, 6.45) is 0. The maximum absolute atomic E-state index is 12.2. The number of ether oxygens (including phenoxy) is 2. The van der Waals surface area contributed by atoms with E-state index >= 15 is 0 Å². The van der Waals surface area contributed by atoms with E-state index in [0.29, 0.717) is 16.3 Å². The first-order chi connectivity index (χ1) is 13.9. The minimum absolute atomic E-state index is 0.0232. The Hall–Kier alpha value is -3.72. The summed E-state index contributed by atoms with van der Waals surface area (Å²) in [4.78, 5) is 35.8. The number of rotatable bonds is 6. The van der Waals surface area contributed by atoms with Gasteiger partial charge in [-0.05, 0) is 48.5 Å². The van der Waals surface area contributed by atoms with Crippen molar-refractivity contribution in [1.82, 2.24) is 15.0 Å². The number of methoxy groups -OCH3 is 1. The number of nitrogens with zero attached hydrogens (tertiary/aromatic N) is 3. The van der Waals surface area contributed by atoms with Crippen LogP contribution in [0.25, 0.3) is 0 Å². The van der Waals surface area contributed by atoms with Crippen LogP contribution in [-0.2, 0) is 16.1 Å². The maximum Gasteiger partial charge on any atom is 0.338 e. The van der Waals surface area contributed by atoms with Gasteiger partial charge in [0, 0.05) is 10.7 Å². The minimum Gasteiger partial charge on any atom is -0.465 e. The number of hydrogen-bond donors (Lipinski definition) is 2. The first-order valence-electron chi connectivity index (χ1n) is 8.33. The van der Waals surface area contributed by atoms with Gasteiger partial charge in [-0.2, -0.15) is 15.0 Å². The lowest BCUT2D eigenvalue weighted by Crippen LogP contribution is -2.11. The van der Waals surface area contributed by atoms with Crippen LogP contribution >= 0.6 is 11.6 Å². The molecule has 0 aliphatic carbocycles. The Bertz CT molecular complexity index is 1030. The molecule has 0 radical (unpaired) electrons. The number of nitrogens with two attached hydrogens (primary N) is 1. The summed E-state index contributed by atoms with van der Waals surface area (Å²) in [7, 11) is 1.28. The van der Waals surface area contributed by atoms with Gasteiger partial charge in [0.05, 0.1) is 18.2 Å². The van der Waals surface area contributed by atoms with Crippen molar-refractivity contribution in [2.45, 2.75) is 6.61 Å². The van der Waals surface area contributed by atoms with Crippen LogP contribution in [0.4, 0.5) is 17.6 Å². The number of hydrogen-bond acceptors (Lipinski definition) is 9. The molecular formula is C19H16ClN5O4. The summed E-state index contributed by atoms with van der Waals surface area (Å²) < 4.78 is 9.82. The number of carbonyl (C=O) groups excluding carboxylic acids is 2. The Labute approximate surface area is 170 Å². The fraction of sp³-hybridized carbons (Fsp3) is 0.105. The Morgan fingerprint density at radius 2 is 1.59 bits per heavy atom. The molecule has 3 N–H and O–H groups in total. The molecule has 0 unspecified atom stereocenters. The van der Waals surface area contributed by atoms with Crippen molar-refractivity contribution in [2.24, 2.45) is 0 Å². The maximum atomic E-state index is 12.2. The molecule has 148 valence electrons. The molecule has 0 bridgehead atoms. The number of nitrogens with one attached hydrogen (secondary N) is 1. The summed E-state index contributed by atoms with van der Waals surface area (Å²) >= 11 is 5.86. The highest BCUT2D eigenvalue weighted by atomic mass is 35.5. The van der Waals surface area contributed by atoms with Gasteiger partial charge in [-0.3, -0.25) is 0 Å². The van der Waals surface area contributed by atoms with E-state index in [1.165, 1.54) is 31.4 Å². The lowest BCUT2D eigenvalue weighted by molar-refractivity contribution is 0.0461. The van der Waals surface area contributed by atoms with Gasteiger partial charge in [0.1, 0.15) is 0 Å². The van der Waals surface area contributed by atoms with Crippen molar-refractivity contribution >= 4 is 41.1 Å². The molecule has 1 aromatic heterocycles. The van der Waals surface area contributed by atoms with Gasteiger partial charge >= 0.3 is 11.9 Å². The zero-order valence-corrected chi connectivity index (χ0v) is 16.0. The van der Waals surface area contributed by atoms with Crippen LogP contribution in [0.2, 0.25) is 5.02 Å². The molecule has 3 aromatic rings. The molecular weight excluding hydrogens is 398 g/mol. The quantitative estimate of drug-likeness (QED) is 0.585. The van der Waals surface area contributed by atoms with Crippen molar-refractivity contribution in [3.63, 3.8) is 0 Å². The van der Waals surface area contributed by atoms with E-state index in [0.717, 1.165) is 0 Å². The standard InChI is InChI=1S/C19H16ClN5O4/c1-28-16(26)11-2-4-12(5-3-11)17(27)29-10-15-23-18(21)25-19(24-15)22-14-8-6-13(20)7-9-14/h2-9H,10H2,1H3,(H3,21,22,23,24,25). The molecule has 1 heterocycles. The van der Waals surface area contributed by atoms with Crippen LogP contribution in [0.3, 0.4) is 0 Å². The molecule has 0 atom stereocenters. The summed E-state index contributed by atoms with van der Waals surface area (Å²) in [5, 5.41) is 3.56. The van der Waals surface area contributed by atoms with Crippen molar-refractivity contribution < 1.29 is 19.1 Å². The number of carbonyl (C=O) groups is 2. The molecule has 0 aliphatic heterocycles. The van der Waals surface area contributed by atoms with E-state index in [-0.39, 0.29) is 29.9 Å². The van der Waals surface area contributed by atoms with Gasteiger partial charge in [-0.15, -0.1) is 0 Å². The lowest BCUT2D eigenvalue weighted by atomic mass is 10.1. The van der Waals surface area contributed by atoms with Crippen LogP contribution in [0.5, 0.6) is 0 Å². The van der Waals surface area contributed by atoms with Gasteiger partial charge < -0.3 is 20.5 Å². The SMILES string of the molecule is COC(=O)c1ccc(C(=O)OCc2nc(N)nc(Nc3ccc(Cl)cc3)n2)cc1. The van der Waals surface area contributed by atoms with Crippen molar-refractivity contribution in [1.29, 1.82) is 0 Å². The van der Waals surface area contributed by atoms with Crippen LogP contribution in [0.15, 0.2) is 48.5 Å². The highest BCUT2D eigenvalue weighted by Crippen LogP contribution is 2.17. The first-order valence-corrected chi connectivity index (χ1v) is 8.71. The Balaban J connectivity index is 1.65. The van der Waals surface area contributed by atoms with Crippen LogP contribution in [0.1, 0.15) is 26.5 Å². The molecule has 0 spiro atoms. The first kappa shape index (κ1) is 20.0. The average Bonchev–Trinajstić information content (AvgIpc) is 2.73. The highest BCUT2D eigenvalue weighted by molar-refractivity contribution is 6.30. The largest absolute Gasteiger partial charge is 0.465 e. The van der Waals surface area contributed by atoms with Crippen molar-refractivity contribution in [2.75, 3.05) is 18.2 Å². The third-order valence-corrected chi connectivity index (χ3v) is 3.93. The number of halogens is 1. The molecule has 0 aliphatic rings. The zero-order chi connectivity index (χ0) is 20.8. The Morgan fingerprint density at radius 1 is 0.966 bits per heavy atom. The highest BCUT2D eigenvalue weighted by Gasteiger charge is 2.12. The summed E-state index contributed by atoms with van der Waals surface area (Å²) in [5.41, 5.74) is 7.00. The predicted octanol–water partition coefficient (Wildman–Crippen LogP) is 2.99. The van der Waals surface area contributed by atoms with E-state index in [9.17, 15) is 9.59 Å². The number of benzene rings is 2. The lowest BCUT2D eigenvalue weighted by Gasteiger charge is -2.08. The second-order valence-corrected chi connectivity index (χ2v) is 6.15. The van der Waals surface area contributed by atoms with Crippen molar-refractivity contribution in [3.8, 4) is 0 Å². The number of nitrogen functional groups attached to an aromatic ring is 1. The van der Waals surface area contributed by atoms with Gasteiger partial charge in [0.25, 0.3) is 0 Å². The molecule has 0 fully saturated rings. The Morgan fingerprint density at radius 3 is 2.21 bits per heavy atom. The van der Waals surface area contributed by atoms with E-state index in [4.69, 9.17) is 22.1 Å². The normalized spacial score (nSPS) is 10.3. The third-order valence-electron chi connectivity index (χ3n) is 3.67. The topological polar surface area (TPSA) is 129 Å². The fourth-order valence-electron chi connectivity index (χ4n) is 2.29. The van der Waals surface area contributed by atoms with E-state index < -0.39 is 11.9 Å². The molecule has 3 rings (SSSR count). The van der Waals surface area contributed by atoms with Crippen LogP contribution in [-0.4, -0.2) is 34.0 Å². The van der Waals surface area contributed by atoms with Gasteiger partial charge in [0.2, 0.25) is 11.9 Å². The molecule has 10 heteroatoms. The van der Waals surface area contributed by atoms with Crippen molar-refractivity contribution in [3.05, 3.63) is 70.5 Å². The second-order valence-electron chi connectivity index (χ2n) is 5.71. The van der Waals surface area contributed by atoms with E-state index in [1.807, 2.05) is 0 Å². The summed E-state index contributed by atoms with van der Waals surface area (Å²) in [6.45, 7) is -0.209. The number of esters is 2. The molecule has 29 heavy (non-hydrogen) atoms. The number of aromatic nitrogens is 3.